The maximum absolute atomic E-state index is 13.2. The van der Waals surface area contributed by atoms with Crippen molar-refractivity contribution in [1.29, 1.82) is 0 Å². The van der Waals surface area contributed by atoms with Crippen LogP contribution in [0.1, 0.15) is 49.8 Å². The zero-order valence-electron chi connectivity index (χ0n) is 18.5. The van der Waals surface area contributed by atoms with Gasteiger partial charge in [-0.25, -0.2) is 0 Å². The van der Waals surface area contributed by atoms with Gasteiger partial charge < -0.3 is 15.4 Å². The van der Waals surface area contributed by atoms with Gasteiger partial charge in [0.2, 0.25) is 5.91 Å². The van der Waals surface area contributed by atoms with Crippen molar-refractivity contribution in [2.24, 2.45) is 5.73 Å². The zero-order chi connectivity index (χ0) is 22.8. The van der Waals surface area contributed by atoms with E-state index in [0.29, 0.717) is 24.5 Å². The van der Waals surface area contributed by atoms with Gasteiger partial charge >= 0.3 is 0 Å². The number of halogens is 1. The molecule has 0 aliphatic carbocycles. The van der Waals surface area contributed by atoms with Crippen molar-refractivity contribution in [1.82, 2.24) is 4.90 Å². The van der Waals surface area contributed by atoms with Gasteiger partial charge in [-0.3, -0.25) is 4.79 Å². The molecule has 3 aromatic rings. The van der Waals surface area contributed by atoms with Crippen molar-refractivity contribution in [2.75, 3.05) is 6.54 Å². The molecule has 0 aliphatic heterocycles. The number of hydrogen-bond donors (Lipinski definition) is 1. The third-order valence-corrected chi connectivity index (χ3v) is 5.72. The molecule has 0 heterocycles. The van der Waals surface area contributed by atoms with E-state index in [9.17, 15) is 4.79 Å². The molecule has 1 amide bonds. The van der Waals surface area contributed by atoms with E-state index >= 15 is 0 Å². The number of nitrogens with zero attached hydrogens (tertiary/aromatic N) is 1. The minimum absolute atomic E-state index is 0.0287. The smallest absolute Gasteiger partial charge is 0.223 e. The van der Waals surface area contributed by atoms with E-state index in [0.717, 1.165) is 41.9 Å². The number of carbonyl (C=O) groups is 1. The Morgan fingerprint density at radius 3 is 2.41 bits per heavy atom. The molecule has 4 nitrogen and oxygen atoms in total. The molecule has 1 atom stereocenters. The maximum atomic E-state index is 13.2. The van der Waals surface area contributed by atoms with E-state index in [1.165, 1.54) is 0 Å². The van der Waals surface area contributed by atoms with Crippen LogP contribution in [0.5, 0.6) is 11.5 Å². The quantitative estimate of drug-likeness (QED) is 0.329. The number of rotatable bonds is 11. The molecule has 0 fully saturated rings. The highest BCUT2D eigenvalue weighted by Gasteiger charge is 2.21. The van der Waals surface area contributed by atoms with Crippen LogP contribution < -0.4 is 10.5 Å². The predicted molar refractivity (Wildman–Crippen MR) is 131 cm³/mol. The summed E-state index contributed by atoms with van der Waals surface area (Å²) in [6.45, 7) is 3.27. The van der Waals surface area contributed by atoms with Crippen molar-refractivity contribution in [3.05, 3.63) is 95.0 Å². The zero-order valence-corrected chi connectivity index (χ0v) is 19.3. The van der Waals surface area contributed by atoms with E-state index in [-0.39, 0.29) is 11.9 Å². The SMILES string of the molecule is CC(c1ccccc1)N(Cc1cccc(Oc2ccc(Cl)cc2)c1)C(=O)CCCCCN. The molecule has 2 N–H and O–H groups in total. The van der Waals surface area contributed by atoms with Crippen LogP contribution in [0.2, 0.25) is 5.02 Å². The fourth-order valence-corrected chi connectivity index (χ4v) is 3.76. The standard InChI is InChI=1S/C27H31ClN2O2/c1-21(23-10-4-2-5-11-23)30(27(31)13-6-3-7-18-29)20-22-9-8-12-26(19-22)32-25-16-14-24(28)15-17-25/h2,4-5,8-12,14-17,19,21H,3,6-7,13,18,20,29H2,1H3. The minimum Gasteiger partial charge on any atom is -0.457 e. The van der Waals surface area contributed by atoms with E-state index in [4.69, 9.17) is 22.1 Å². The van der Waals surface area contributed by atoms with Crippen LogP contribution in [0.15, 0.2) is 78.9 Å². The van der Waals surface area contributed by atoms with Gasteiger partial charge in [0, 0.05) is 18.0 Å². The molecule has 168 valence electrons. The van der Waals surface area contributed by atoms with E-state index < -0.39 is 0 Å². The van der Waals surface area contributed by atoms with Gasteiger partial charge in [-0.15, -0.1) is 0 Å². The molecule has 0 saturated heterocycles. The van der Waals surface area contributed by atoms with Crippen LogP contribution in [0.4, 0.5) is 0 Å². The maximum Gasteiger partial charge on any atom is 0.223 e. The van der Waals surface area contributed by atoms with E-state index in [1.54, 1.807) is 12.1 Å². The Kier molecular flexibility index (Phi) is 9.14. The van der Waals surface area contributed by atoms with Crippen LogP contribution in [0.3, 0.4) is 0 Å². The predicted octanol–water partition coefficient (Wildman–Crippen LogP) is 6.74. The number of carbonyl (C=O) groups excluding carboxylic acids is 1. The minimum atomic E-state index is -0.0287. The number of hydrogen-bond acceptors (Lipinski definition) is 3. The summed E-state index contributed by atoms with van der Waals surface area (Å²) < 4.78 is 5.98. The molecule has 32 heavy (non-hydrogen) atoms. The average molecular weight is 451 g/mol. The van der Waals surface area contributed by atoms with Crippen LogP contribution in [0, 0.1) is 0 Å². The molecule has 0 bridgehead atoms. The largest absolute Gasteiger partial charge is 0.457 e. The first-order valence-electron chi connectivity index (χ1n) is 11.1. The summed E-state index contributed by atoms with van der Waals surface area (Å²) in [5.74, 6) is 1.60. The fourth-order valence-electron chi connectivity index (χ4n) is 3.64. The summed E-state index contributed by atoms with van der Waals surface area (Å²) >= 11 is 5.96. The van der Waals surface area contributed by atoms with Gasteiger partial charge in [-0.2, -0.15) is 0 Å². The molecule has 1 unspecified atom stereocenters. The fraction of sp³-hybridized carbons (Fsp3) is 0.296. The van der Waals surface area contributed by atoms with Crippen molar-refractivity contribution >= 4 is 17.5 Å². The Hall–Kier alpha value is -2.82. The molecule has 5 heteroatoms. The lowest BCUT2D eigenvalue weighted by Crippen LogP contribution is -2.33. The van der Waals surface area contributed by atoms with Crippen molar-refractivity contribution in [3.8, 4) is 11.5 Å². The Labute approximate surface area is 196 Å². The van der Waals surface area contributed by atoms with E-state index in [1.807, 2.05) is 59.5 Å². The topological polar surface area (TPSA) is 55.6 Å². The van der Waals surface area contributed by atoms with Crippen molar-refractivity contribution < 1.29 is 9.53 Å². The summed E-state index contributed by atoms with van der Waals surface area (Å²) in [6.07, 6.45) is 3.30. The van der Waals surface area contributed by atoms with Gasteiger partial charge in [0.1, 0.15) is 11.5 Å². The van der Waals surface area contributed by atoms with Crippen LogP contribution >= 0.6 is 11.6 Å². The second-order valence-electron chi connectivity index (χ2n) is 7.91. The Morgan fingerprint density at radius 1 is 0.938 bits per heavy atom. The molecule has 0 aromatic heterocycles. The van der Waals surface area contributed by atoms with Gasteiger partial charge in [-0.05, 0) is 73.8 Å². The molecular weight excluding hydrogens is 420 g/mol. The summed E-state index contributed by atoms with van der Waals surface area (Å²) in [5.41, 5.74) is 7.74. The molecule has 3 aromatic carbocycles. The lowest BCUT2D eigenvalue weighted by atomic mass is 10.0. The molecular formula is C27H31ClN2O2. The number of unbranched alkanes of at least 4 members (excludes halogenated alkanes) is 2. The normalized spacial score (nSPS) is 11.7. The third kappa shape index (κ3) is 7.11. The number of nitrogens with two attached hydrogens (primary N) is 1. The highest BCUT2D eigenvalue weighted by atomic mass is 35.5. The third-order valence-electron chi connectivity index (χ3n) is 5.47. The average Bonchev–Trinajstić information content (AvgIpc) is 2.82. The lowest BCUT2D eigenvalue weighted by molar-refractivity contribution is -0.134. The highest BCUT2D eigenvalue weighted by molar-refractivity contribution is 6.30. The Morgan fingerprint density at radius 2 is 1.69 bits per heavy atom. The van der Waals surface area contributed by atoms with Gasteiger partial charge in [0.25, 0.3) is 0 Å². The first kappa shape index (κ1) is 23.8. The summed E-state index contributed by atoms with van der Waals surface area (Å²) in [4.78, 5) is 15.1. The Bertz CT molecular complexity index is 976. The Balaban J connectivity index is 1.75. The monoisotopic (exact) mass is 450 g/mol. The van der Waals surface area contributed by atoms with Gasteiger partial charge in [0.05, 0.1) is 6.04 Å². The summed E-state index contributed by atoms with van der Waals surface area (Å²) in [7, 11) is 0. The van der Waals surface area contributed by atoms with Crippen LogP contribution in [-0.4, -0.2) is 17.4 Å². The van der Waals surface area contributed by atoms with E-state index in [2.05, 4.69) is 19.1 Å². The molecule has 0 saturated carbocycles. The van der Waals surface area contributed by atoms with Crippen molar-refractivity contribution in [2.45, 2.75) is 45.2 Å². The van der Waals surface area contributed by atoms with Gasteiger partial charge in [-0.1, -0.05) is 60.5 Å². The number of benzene rings is 3. The first-order valence-corrected chi connectivity index (χ1v) is 11.5. The first-order chi connectivity index (χ1) is 15.6. The van der Waals surface area contributed by atoms with Crippen molar-refractivity contribution in [3.63, 3.8) is 0 Å². The number of ether oxygens (including phenoxy) is 1. The second kappa shape index (κ2) is 12.3. The molecule has 0 aliphatic rings. The number of amides is 1. The van der Waals surface area contributed by atoms with Gasteiger partial charge in [0.15, 0.2) is 0 Å². The lowest BCUT2D eigenvalue weighted by Gasteiger charge is -2.30. The summed E-state index contributed by atoms with van der Waals surface area (Å²) in [5, 5.41) is 0.668. The molecule has 0 spiro atoms. The van der Waals surface area contributed by atoms with Crippen LogP contribution in [-0.2, 0) is 11.3 Å². The summed E-state index contributed by atoms with van der Waals surface area (Å²) in [6, 6.07) is 25.3. The highest BCUT2D eigenvalue weighted by Crippen LogP contribution is 2.27. The second-order valence-corrected chi connectivity index (χ2v) is 8.35. The molecule has 3 rings (SSSR count). The van der Waals surface area contributed by atoms with Crippen LogP contribution in [0.25, 0.3) is 0 Å². The molecule has 0 radical (unpaired) electrons.